The van der Waals surface area contributed by atoms with E-state index in [1.807, 2.05) is 13.8 Å². The zero-order chi connectivity index (χ0) is 21.2. The lowest BCUT2D eigenvalue weighted by Gasteiger charge is -2.21. The SMILES string of the molecule is CC(C)C(NC(=O)c1ccc(Cl)cc1)C(=O)NCCCCOc1ccc(F)cc1. The summed E-state index contributed by atoms with van der Waals surface area (Å²) in [5.74, 6) is -0.291. The van der Waals surface area contributed by atoms with Gasteiger partial charge < -0.3 is 15.4 Å². The minimum Gasteiger partial charge on any atom is -0.494 e. The molecule has 0 saturated carbocycles. The van der Waals surface area contributed by atoms with Crippen LogP contribution in [0.25, 0.3) is 0 Å². The van der Waals surface area contributed by atoms with E-state index in [1.54, 1.807) is 36.4 Å². The van der Waals surface area contributed by atoms with Crippen molar-refractivity contribution < 1.29 is 18.7 Å². The third-order valence-electron chi connectivity index (χ3n) is 4.29. The summed E-state index contributed by atoms with van der Waals surface area (Å²) in [4.78, 5) is 24.9. The van der Waals surface area contributed by atoms with Gasteiger partial charge in [0, 0.05) is 17.1 Å². The molecule has 2 rings (SSSR count). The molecule has 2 N–H and O–H groups in total. The zero-order valence-corrected chi connectivity index (χ0v) is 17.3. The second-order valence-corrected chi connectivity index (χ2v) is 7.44. The van der Waals surface area contributed by atoms with Gasteiger partial charge in [0.25, 0.3) is 5.91 Å². The molecule has 156 valence electrons. The highest BCUT2D eigenvalue weighted by atomic mass is 35.5. The number of benzene rings is 2. The molecule has 2 aromatic carbocycles. The van der Waals surface area contributed by atoms with E-state index in [9.17, 15) is 14.0 Å². The highest BCUT2D eigenvalue weighted by molar-refractivity contribution is 6.30. The van der Waals surface area contributed by atoms with Crippen LogP contribution in [0, 0.1) is 11.7 Å². The van der Waals surface area contributed by atoms with E-state index >= 15 is 0 Å². The number of carbonyl (C=O) groups is 2. The average Bonchev–Trinajstić information content (AvgIpc) is 2.70. The fourth-order valence-corrected chi connectivity index (χ4v) is 2.76. The largest absolute Gasteiger partial charge is 0.494 e. The summed E-state index contributed by atoms with van der Waals surface area (Å²) in [5.41, 5.74) is 0.450. The fourth-order valence-electron chi connectivity index (χ4n) is 2.63. The first-order chi connectivity index (χ1) is 13.9. The van der Waals surface area contributed by atoms with Gasteiger partial charge in [-0.05, 0) is 67.3 Å². The first kappa shape index (κ1) is 22.7. The zero-order valence-electron chi connectivity index (χ0n) is 16.6. The van der Waals surface area contributed by atoms with Gasteiger partial charge in [-0.1, -0.05) is 25.4 Å². The van der Waals surface area contributed by atoms with Gasteiger partial charge in [0.05, 0.1) is 6.61 Å². The molecule has 0 aliphatic carbocycles. The maximum atomic E-state index is 12.8. The van der Waals surface area contributed by atoms with Gasteiger partial charge in [0.15, 0.2) is 0 Å². The molecule has 5 nitrogen and oxygen atoms in total. The van der Waals surface area contributed by atoms with Crippen LogP contribution in [0.5, 0.6) is 5.75 Å². The highest BCUT2D eigenvalue weighted by Gasteiger charge is 2.24. The number of halogens is 2. The van der Waals surface area contributed by atoms with Crippen LogP contribution in [0.1, 0.15) is 37.0 Å². The number of amides is 2. The molecule has 0 spiro atoms. The minimum absolute atomic E-state index is 0.0620. The quantitative estimate of drug-likeness (QED) is 0.566. The van der Waals surface area contributed by atoms with Crippen LogP contribution in [-0.2, 0) is 4.79 Å². The summed E-state index contributed by atoms with van der Waals surface area (Å²) >= 11 is 5.84. The van der Waals surface area contributed by atoms with Crippen molar-refractivity contribution in [2.45, 2.75) is 32.7 Å². The summed E-state index contributed by atoms with van der Waals surface area (Å²) in [6.45, 7) is 4.71. The molecule has 0 aliphatic rings. The Balaban J connectivity index is 1.72. The Bertz CT molecular complexity index is 795. The Morgan fingerprint density at radius 3 is 2.31 bits per heavy atom. The Kier molecular flexibility index (Phi) is 8.93. The molecule has 1 atom stereocenters. The highest BCUT2D eigenvalue weighted by Crippen LogP contribution is 2.12. The molecule has 7 heteroatoms. The number of rotatable bonds is 10. The van der Waals surface area contributed by atoms with Crippen molar-refractivity contribution in [3.05, 3.63) is 64.9 Å². The average molecular weight is 421 g/mol. The third kappa shape index (κ3) is 7.74. The van der Waals surface area contributed by atoms with Crippen LogP contribution in [0.2, 0.25) is 5.02 Å². The van der Waals surface area contributed by atoms with Gasteiger partial charge in [-0.15, -0.1) is 0 Å². The second kappa shape index (κ2) is 11.4. The summed E-state index contributed by atoms with van der Waals surface area (Å²) in [6, 6.07) is 11.7. The fraction of sp³-hybridized carbons (Fsp3) is 0.364. The number of nitrogens with one attached hydrogen (secondary N) is 2. The number of carbonyl (C=O) groups excluding carboxylic acids is 2. The minimum atomic E-state index is -0.631. The van der Waals surface area contributed by atoms with E-state index in [2.05, 4.69) is 10.6 Å². The third-order valence-corrected chi connectivity index (χ3v) is 4.55. The van der Waals surface area contributed by atoms with E-state index in [1.165, 1.54) is 12.1 Å². The second-order valence-electron chi connectivity index (χ2n) is 7.00. The van der Waals surface area contributed by atoms with Crippen LogP contribution >= 0.6 is 11.6 Å². The molecular formula is C22H26ClFN2O3. The van der Waals surface area contributed by atoms with E-state index < -0.39 is 6.04 Å². The predicted molar refractivity (Wildman–Crippen MR) is 112 cm³/mol. The van der Waals surface area contributed by atoms with Gasteiger partial charge in [-0.2, -0.15) is 0 Å². The molecule has 29 heavy (non-hydrogen) atoms. The normalized spacial score (nSPS) is 11.8. The van der Waals surface area contributed by atoms with Crippen molar-refractivity contribution in [2.75, 3.05) is 13.2 Å². The van der Waals surface area contributed by atoms with Crippen molar-refractivity contribution in [1.82, 2.24) is 10.6 Å². The van der Waals surface area contributed by atoms with Crippen LogP contribution < -0.4 is 15.4 Å². The Morgan fingerprint density at radius 1 is 1.03 bits per heavy atom. The maximum absolute atomic E-state index is 12.8. The summed E-state index contributed by atoms with van der Waals surface area (Å²) < 4.78 is 18.4. The monoisotopic (exact) mass is 420 g/mol. The van der Waals surface area contributed by atoms with Crippen LogP contribution in [0.4, 0.5) is 4.39 Å². The van der Waals surface area contributed by atoms with Gasteiger partial charge >= 0.3 is 0 Å². The van der Waals surface area contributed by atoms with Crippen molar-refractivity contribution in [3.8, 4) is 5.75 Å². The summed E-state index contributed by atoms with van der Waals surface area (Å²) in [7, 11) is 0. The standard InChI is InChI=1S/C22H26ClFN2O3/c1-15(2)20(26-21(27)16-5-7-17(23)8-6-16)22(28)25-13-3-4-14-29-19-11-9-18(24)10-12-19/h5-12,15,20H,3-4,13-14H2,1-2H3,(H,25,28)(H,26,27). The van der Waals surface area contributed by atoms with Crippen molar-refractivity contribution in [3.63, 3.8) is 0 Å². The van der Waals surface area contributed by atoms with Crippen molar-refractivity contribution in [1.29, 1.82) is 0 Å². The predicted octanol–water partition coefficient (Wildman–Crippen LogP) is 4.21. The summed E-state index contributed by atoms with van der Waals surface area (Å²) in [5, 5.41) is 6.18. The number of unbranched alkanes of at least 4 members (excludes halogenated alkanes) is 1. The molecule has 0 heterocycles. The van der Waals surface area contributed by atoms with Crippen LogP contribution in [0.3, 0.4) is 0 Å². The lowest BCUT2D eigenvalue weighted by molar-refractivity contribution is -0.123. The lowest BCUT2D eigenvalue weighted by atomic mass is 10.0. The topological polar surface area (TPSA) is 67.4 Å². The number of hydrogen-bond acceptors (Lipinski definition) is 3. The van der Waals surface area contributed by atoms with E-state index in [-0.39, 0.29) is 23.5 Å². The van der Waals surface area contributed by atoms with E-state index in [0.29, 0.717) is 29.5 Å². The molecule has 0 bridgehead atoms. The van der Waals surface area contributed by atoms with Gasteiger partial charge in [-0.3, -0.25) is 9.59 Å². The Hall–Kier alpha value is -2.60. The molecular weight excluding hydrogens is 395 g/mol. The number of ether oxygens (including phenoxy) is 1. The van der Waals surface area contributed by atoms with E-state index in [4.69, 9.17) is 16.3 Å². The van der Waals surface area contributed by atoms with Crippen molar-refractivity contribution >= 4 is 23.4 Å². The molecule has 0 aliphatic heterocycles. The lowest BCUT2D eigenvalue weighted by Crippen LogP contribution is -2.49. The first-order valence-electron chi connectivity index (χ1n) is 9.59. The van der Waals surface area contributed by atoms with Gasteiger partial charge in [0.1, 0.15) is 17.6 Å². The smallest absolute Gasteiger partial charge is 0.251 e. The molecule has 1 unspecified atom stereocenters. The van der Waals surface area contributed by atoms with E-state index in [0.717, 1.165) is 12.8 Å². The molecule has 0 saturated heterocycles. The molecule has 0 radical (unpaired) electrons. The van der Waals surface area contributed by atoms with Crippen LogP contribution in [0.15, 0.2) is 48.5 Å². The molecule has 2 amide bonds. The maximum Gasteiger partial charge on any atom is 0.251 e. The van der Waals surface area contributed by atoms with Crippen molar-refractivity contribution in [2.24, 2.45) is 5.92 Å². The molecule has 0 fully saturated rings. The molecule has 2 aromatic rings. The van der Waals surface area contributed by atoms with Gasteiger partial charge in [-0.25, -0.2) is 4.39 Å². The summed E-state index contributed by atoms with van der Waals surface area (Å²) in [6.07, 6.45) is 1.46. The Morgan fingerprint density at radius 2 is 1.69 bits per heavy atom. The Labute approximate surface area is 175 Å². The van der Waals surface area contributed by atoms with Crippen LogP contribution in [-0.4, -0.2) is 31.0 Å². The number of hydrogen-bond donors (Lipinski definition) is 2. The molecule has 0 aromatic heterocycles. The first-order valence-corrected chi connectivity index (χ1v) is 9.97. The van der Waals surface area contributed by atoms with Gasteiger partial charge in [0.2, 0.25) is 5.91 Å².